The molecule has 6 nitrogen and oxygen atoms in total. The number of para-hydroxylation sites is 1. The molecule has 1 heterocycles. The number of rotatable bonds is 4. The second-order valence-electron chi connectivity index (χ2n) is 6.82. The average Bonchev–Trinajstić information content (AvgIpc) is 2.52. The number of hydrogen-bond acceptors (Lipinski definition) is 5. The second kappa shape index (κ2) is 7.68. The van der Waals surface area contributed by atoms with Gasteiger partial charge < -0.3 is 14.8 Å². The van der Waals surface area contributed by atoms with E-state index < -0.39 is 29.5 Å². The lowest BCUT2D eigenvalue weighted by molar-refractivity contribution is 0.0488. The van der Waals surface area contributed by atoms with Crippen LogP contribution < -0.4 is 5.32 Å². The largest absolute Gasteiger partial charge is 0.462 e. The van der Waals surface area contributed by atoms with Gasteiger partial charge in [0, 0.05) is 5.39 Å². The summed E-state index contributed by atoms with van der Waals surface area (Å²) in [5.41, 5.74) is -0.162. The Morgan fingerprint density at radius 3 is 2.62 bits per heavy atom. The highest BCUT2D eigenvalue weighted by Crippen LogP contribution is 2.24. The fourth-order valence-electron chi connectivity index (χ4n) is 2.43. The zero-order valence-electron chi connectivity index (χ0n) is 15.6. The smallest absolute Gasteiger partial charge is 0.408 e. The minimum atomic E-state index is -0.687. The van der Waals surface area contributed by atoms with Crippen molar-refractivity contribution in [2.45, 2.75) is 46.3 Å². The molecule has 1 atom stereocenters. The predicted octanol–water partition coefficient (Wildman–Crippen LogP) is 4.14. The Hall–Kier alpha value is -2.70. The summed E-state index contributed by atoms with van der Waals surface area (Å²) in [5, 5.41) is 3.09. The Bertz CT molecular complexity index is 830. The zero-order chi connectivity index (χ0) is 19.5. The molecule has 0 unspecified atom stereocenters. The van der Waals surface area contributed by atoms with Gasteiger partial charge >= 0.3 is 12.1 Å². The maximum atomic E-state index is 14.1. The lowest BCUT2D eigenvalue weighted by Gasteiger charge is -2.22. The molecule has 140 valence electrons. The van der Waals surface area contributed by atoms with Gasteiger partial charge in [-0.05, 0) is 46.8 Å². The normalized spacial score (nSPS) is 12.5. The molecule has 2 rings (SSSR count). The van der Waals surface area contributed by atoms with Crippen molar-refractivity contribution in [2.75, 3.05) is 6.61 Å². The van der Waals surface area contributed by atoms with Gasteiger partial charge in [0.2, 0.25) is 0 Å². The van der Waals surface area contributed by atoms with E-state index in [9.17, 15) is 14.0 Å². The quantitative estimate of drug-likeness (QED) is 0.827. The summed E-state index contributed by atoms with van der Waals surface area (Å²) in [5.74, 6) is -1.09. The van der Waals surface area contributed by atoms with Crippen molar-refractivity contribution >= 4 is 23.0 Å². The van der Waals surface area contributed by atoms with Crippen molar-refractivity contribution in [2.24, 2.45) is 0 Å². The molecule has 0 saturated heterocycles. The first kappa shape index (κ1) is 19.6. The van der Waals surface area contributed by atoms with Gasteiger partial charge in [0.1, 0.15) is 16.9 Å². The Morgan fingerprint density at radius 2 is 2.00 bits per heavy atom. The van der Waals surface area contributed by atoms with E-state index in [1.165, 1.54) is 18.2 Å². The van der Waals surface area contributed by atoms with E-state index in [0.717, 1.165) is 0 Å². The number of carbonyl (C=O) groups excluding carboxylic acids is 2. The van der Waals surface area contributed by atoms with Crippen LogP contribution >= 0.6 is 0 Å². The van der Waals surface area contributed by atoms with E-state index in [4.69, 9.17) is 9.47 Å². The van der Waals surface area contributed by atoms with Gasteiger partial charge in [0.15, 0.2) is 0 Å². The van der Waals surface area contributed by atoms with E-state index in [-0.39, 0.29) is 23.4 Å². The summed E-state index contributed by atoms with van der Waals surface area (Å²) in [6, 6.07) is 5.31. The van der Waals surface area contributed by atoms with Crippen LogP contribution in [-0.4, -0.2) is 29.3 Å². The molecular weight excluding hydrogens is 339 g/mol. The minimum Gasteiger partial charge on any atom is -0.462 e. The Kier molecular flexibility index (Phi) is 5.79. The molecule has 26 heavy (non-hydrogen) atoms. The number of esters is 1. The maximum Gasteiger partial charge on any atom is 0.408 e. The fraction of sp³-hybridized carbons (Fsp3) is 0.421. The SMILES string of the molecule is CCOC(=O)c1cc2cccc(F)c2nc1[C@H](C)NC(=O)OC(C)(C)C. The Balaban J connectivity index is 2.45. The number of amides is 1. The van der Waals surface area contributed by atoms with Crippen molar-refractivity contribution in [1.82, 2.24) is 10.3 Å². The number of nitrogens with one attached hydrogen (secondary N) is 1. The summed E-state index contributed by atoms with van der Waals surface area (Å²) in [6.45, 7) is 8.74. The van der Waals surface area contributed by atoms with Crippen molar-refractivity contribution in [3.63, 3.8) is 0 Å². The third-order valence-electron chi connectivity index (χ3n) is 3.46. The number of carbonyl (C=O) groups is 2. The van der Waals surface area contributed by atoms with Crippen LogP contribution in [0.3, 0.4) is 0 Å². The molecule has 1 aromatic heterocycles. The first-order valence-electron chi connectivity index (χ1n) is 8.38. The summed E-state index contributed by atoms with van der Waals surface area (Å²) in [6.07, 6.45) is -0.657. The molecule has 1 amide bonds. The third-order valence-corrected chi connectivity index (χ3v) is 3.46. The monoisotopic (exact) mass is 362 g/mol. The molecule has 2 aromatic rings. The molecule has 7 heteroatoms. The molecule has 0 fully saturated rings. The maximum absolute atomic E-state index is 14.1. The van der Waals surface area contributed by atoms with Gasteiger partial charge in [-0.25, -0.2) is 19.0 Å². The molecule has 1 N–H and O–H groups in total. The number of alkyl carbamates (subject to hydrolysis) is 1. The standard InChI is InChI=1S/C19H23FN2O4/c1-6-25-17(23)13-10-12-8-7-9-14(20)16(12)22-15(13)11(2)21-18(24)26-19(3,4)5/h7-11H,6H2,1-5H3,(H,21,24)/t11-/m0/s1. The van der Waals surface area contributed by atoms with Gasteiger partial charge in [0.25, 0.3) is 0 Å². The van der Waals surface area contributed by atoms with E-state index in [1.807, 2.05) is 0 Å². The molecule has 0 saturated carbocycles. The van der Waals surface area contributed by atoms with Crippen LogP contribution in [0.4, 0.5) is 9.18 Å². The second-order valence-corrected chi connectivity index (χ2v) is 6.82. The van der Waals surface area contributed by atoms with Crippen LogP contribution in [0.15, 0.2) is 24.3 Å². The number of ether oxygens (including phenoxy) is 2. The number of pyridine rings is 1. The van der Waals surface area contributed by atoms with Gasteiger partial charge in [-0.15, -0.1) is 0 Å². The Labute approximate surface area is 151 Å². The molecule has 0 bridgehead atoms. The average molecular weight is 362 g/mol. The summed E-state index contributed by atoms with van der Waals surface area (Å²) in [4.78, 5) is 28.6. The minimum absolute atomic E-state index is 0.119. The topological polar surface area (TPSA) is 77.5 Å². The lowest BCUT2D eigenvalue weighted by Crippen LogP contribution is -2.35. The van der Waals surface area contributed by atoms with Crippen LogP contribution in [0.5, 0.6) is 0 Å². The van der Waals surface area contributed by atoms with E-state index in [1.54, 1.807) is 40.7 Å². The van der Waals surface area contributed by atoms with Crippen molar-refractivity contribution in [3.05, 3.63) is 41.3 Å². The third kappa shape index (κ3) is 4.68. The zero-order valence-corrected chi connectivity index (χ0v) is 15.6. The van der Waals surface area contributed by atoms with Crippen LogP contribution in [0.2, 0.25) is 0 Å². The van der Waals surface area contributed by atoms with Crippen molar-refractivity contribution in [1.29, 1.82) is 0 Å². The molecule has 0 radical (unpaired) electrons. The number of aromatic nitrogens is 1. The fourth-order valence-corrected chi connectivity index (χ4v) is 2.43. The number of benzene rings is 1. The van der Waals surface area contributed by atoms with E-state index >= 15 is 0 Å². The molecular formula is C19H23FN2O4. The molecule has 0 aliphatic carbocycles. The van der Waals surface area contributed by atoms with Crippen LogP contribution in [-0.2, 0) is 9.47 Å². The summed E-state index contributed by atoms with van der Waals surface area (Å²) in [7, 11) is 0. The molecule has 0 aliphatic heterocycles. The van der Waals surface area contributed by atoms with Gasteiger partial charge in [-0.2, -0.15) is 0 Å². The number of halogens is 1. The molecule has 0 spiro atoms. The van der Waals surface area contributed by atoms with Crippen LogP contribution in [0.25, 0.3) is 10.9 Å². The van der Waals surface area contributed by atoms with E-state index in [2.05, 4.69) is 10.3 Å². The highest BCUT2D eigenvalue weighted by atomic mass is 19.1. The van der Waals surface area contributed by atoms with Crippen molar-refractivity contribution < 1.29 is 23.5 Å². The number of hydrogen-bond donors (Lipinski definition) is 1. The number of fused-ring (bicyclic) bond motifs is 1. The van der Waals surface area contributed by atoms with E-state index in [0.29, 0.717) is 5.39 Å². The lowest BCUT2D eigenvalue weighted by atomic mass is 10.0. The number of nitrogens with zero attached hydrogens (tertiary/aromatic N) is 1. The summed E-state index contributed by atoms with van der Waals surface area (Å²) >= 11 is 0. The van der Waals surface area contributed by atoms with Crippen molar-refractivity contribution in [3.8, 4) is 0 Å². The first-order chi connectivity index (χ1) is 12.1. The van der Waals surface area contributed by atoms with Gasteiger partial charge in [-0.3, -0.25) is 0 Å². The van der Waals surface area contributed by atoms with Gasteiger partial charge in [-0.1, -0.05) is 12.1 Å². The predicted molar refractivity (Wildman–Crippen MR) is 95.4 cm³/mol. The van der Waals surface area contributed by atoms with Crippen LogP contribution in [0, 0.1) is 5.82 Å². The highest BCUT2D eigenvalue weighted by molar-refractivity contribution is 5.95. The molecule has 0 aliphatic rings. The van der Waals surface area contributed by atoms with Crippen LogP contribution in [0.1, 0.15) is 56.7 Å². The van der Waals surface area contributed by atoms with Gasteiger partial charge in [0.05, 0.1) is 23.9 Å². The summed E-state index contributed by atoms with van der Waals surface area (Å²) < 4.78 is 24.4. The molecule has 1 aromatic carbocycles. The Morgan fingerprint density at radius 1 is 1.31 bits per heavy atom. The highest BCUT2D eigenvalue weighted by Gasteiger charge is 2.24. The first-order valence-corrected chi connectivity index (χ1v) is 8.38.